The van der Waals surface area contributed by atoms with Crippen molar-refractivity contribution in [2.45, 2.75) is 26.2 Å². The van der Waals surface area contributed by atoms with E-state index >= 15 is 0 Å². The summed E-state index contributed by atoms with van der Waals surface area (Å²) in [5, 5.41) is 0. The minimum absolute atomic E-state index is 0.0783. The van der Waals surface area contributed by atoms with Crippen molar-refractivity contribution in [1.82, 2.24) is 0 Å². The van der Waals surface area contributed by atoms with Crippen LogP contribution in [0, 0.1) is 6.92 Å². The molecule has 1 rings (SSSR count). The van der Waals surface area contributed by atoms with Gasteiger partial charge in [-0.3, -0.25) is 0 Å². The van der Waals surface area contributed by atoms with Crippen LogP contribution in [0.2, 0.25) is 0 Å². The van der Waals surface area contributed by atoms with Crippen LogP contribution in [0.15, 0.2) is 18.2 Å². The van der Waals surface area contributed by atoms with Gasteiger partial charge in [0.2, 0.25) is 0 Å². The summed E-state index contributed by atoms with van der Waals surface area (Å²) in [5.74, 6) is 6.01. The van der Waals surface area contributed by atoms with Gasteiger partial charge in [0.25, 0.3) is 0 Å². The van der Waals surface area contributed by atoms with Crippen LogP contribution >= 0.6 is 0 Å². The largest absolute Gasteiger partial charge is 0.497 e. The lowest BCUT2D eigenvalue weighted by Crippen LogP contribution is -2.27. The van der Waals surface area contributed by atoms with Gasteiger partial charge in [0.1, 0.15) is 5.75 Å². The van der Waals surface area contributed by atoms with Gasteiger partial charge in [-0.2, -0.15) is 0 Å². The smallest absolute Gasteiger partial charge is 0.119 e. The van der Waals surface area contributed by atoms with Crippen LogP contribution in [0.4, 0.5) is 0 Å². The molecular formula is C12H19NO2. The number of hydrogen-bond donors (Lipinski definition) is 1. The molecule has 84 valence electrons. The normalized spacial score (nSPS) is 11.5. The van der Waals surface area contributed by atoms with E-state index in [0.717, 1.165) is 5.75 Å². The molecule has 0 amide bonds. The van der Waals surface area contributed by atoms with Gasteiger partial charge in [-0.15, -0.1) is 0 Å². The highest BCUT2D eigenvalue weighted by molar-refractivity contribution is 5.38. The average Bonchev–Trinajstić information content (AvgIpc) is 2.17. The third-order valence-corrected chi connectivity index (χ3v) is 2.61. The van der Waals surface area contributed by atoms with Gasteiger partial charge in [0.15, 0.2) is 0 Å². The monoisotopic (exact) mass is 209 g/mol. The molecule has 0 unspecified atom stereocenters. The van der Waals surface area contributed by atoms with Crippen LogP contribution in [-0.4, -0.2) is 13.7 Å². The quantitative estimate of drug-likeness (QED) is 0.773. The van der Waals surface area contributed by atoms with E-state index in [1.165, 1.54) is 11.1 Å². The highest BCUT2D eigenvalue weighted by atomic mass is 16.6. The van der Waals surface area contributed by atoms with Crippen LogP contribution < -0.4 is 10.6 Å². The molecular weight excluding hydrogens is 190 g/mol. The lowest BCUT2D eigenvalue weighted by molar-refractivity contribution is 0.0962. The van der Waals surface area contributed by atoms with E-state index in [2.05, 4.69) is 26.8 Å². The second-order valence-electron chi connectivity index (χ2n) is 4.38. The predicted molar refractivity (Wildman–Crippen MR) is 60.9 cm³/mol. The number of rotatable bonds is 4. The van der Waals surface area contributed by atoms with Crippen molar-refractivity contribution in [2.75, 3.05) is 13.7 Å². The molecule has 0 aliphatic heterocycles. The third-order valence-electron chi connectivity index (χ3n) is 2.61. The molecule has 0 fully saturated rings. The maximum Gasteiger partial charge on any atom is 0.119 e. The van der Waals surface area contributed by atoms with Gasteiger partial charge in [-0.05, 0) is 30.2 Å². The molecule has 0 atom stereocenters. The maximum atomic E-state index is 5.17. The first kappa shape index (κ1) is 12.0. The fourth-order valence-electron chi connectivity index (χ4n) is 1.81. The molecule has 1 aromatic rings. The summed E-state index contributed by atoms with van der Waals surface area (Å²) in [7, 11) is 1.67. The molecule has 1 aromatic carbocycles. The van der Waals surface area contributed by atoms with Crippen LogP contribution in [0.5, 0.6) is 5.75 Å². The highest BCUT2D eigenvalue weighted by Gasteiger charge is 2.22. The molecule has 0 radical (unpaired) electrons. The zero-order valence-electron chi connectivity index (χ0n) is 9.83. The van der Waals surface area contributed by atoms with Crippen LogP contribution in [-0.2, 0) is 10.3 Å². The molecule has 0 heterocycles. The number of benzene rings is 1. The first-order valence-electron chi connectivity index (χ1n) is 4.98. The van der Waals surface area contributed by atoms with E-state index in [1.54, 1.807) is 7.11 Å². The predicted octanol–water partition coefficient (Wildman–Crippen LogP) is 2.17. The SMILES string of the molecule is COc1ccc(C(C)(C)CON)c(C)c1. The summed E-state index contributed by atoms with van der Waals surface area (Å²) in [4.78, 5) is 4.74. The van der Waals surface area contributed by atoms with Gasteiger partial charge < -0.3 is 9.57 Å². The molecule has 0 bridgehead atoms. The molecule has 3 heteroatoms. The van der Waals surface area contributed by atoms with Crippen molar-refractivity contribution in [2.24, 2.45) is 5.90 Å². The van der Waals surface area contributed by atoms with E-state index in [0.29, 0.717) is 6.61 Å². The molecule has 3 nitrogen and oxygen atoms in total. The number of methoxy groups -OCH3 is 1. The van der Waals surface area contributed by atoms with Gasteiger partial charge in [-0.1, -0.05) is 19.9 Å². The molecule has 2 N–H and O–H groups in total. The van der Waals surface area contributed by atoms with E-state index in [-0.39, 0.29) is 5.41 Å². The Kier molecular flexibility index (Phi) is 3.72. The number of hydrogen-bond acceptors (Lipinski definition) is 3. The van der Waals surface area contributed by atoms with Crippen LogP contribution in [0.3, 0.4) is 0 Å². The Labute approximate surface area is 91.1 Å². The average molecular weight is 209 g/mol. The molecule has 0 aliphatic rings. The van der Waals surface area contributed by atoms with E-state index in [4.69, 9.17) is 15.5 Å². The maximum absolute atomic E-state index is 5.17. The zero-order valence-corrected chi connectivity index (χ0v) is 9.83. The molecule has 0 aliphatic carbocycles. The van der Waals surface area contributed by atoms with Gasteiger partial charge in [0.05, 0.1) is 13.7 Å². The van der Waals surface area contributed by atoms with Gasteiger partial charge in [0, 0.05) is 5.41 Å². The first-order valence-corrected chi connectivity index (χ1v) is 4.98. The molecule has 0 aromatic heterocycles. The summed E-state index contributed by atoms with van der Waals surface area (Å²) >= 11 is 0. The van der Waals surface area contributed by atoms with Crippen molar-refractivity contribution in [3.63, 3.8) is 0 Å². The second-order valence-corrected chi connectivity index (χ2v) is 4.38. The summed E-state index contributed by atoms with van der Waals surface area (Å²) in [6, 6.07) is 6.04. The molecule has 15 heavy (non-hydrogen) atoms. The molecule has 0 spiro atoms. The van der Waals surface area contributed by atoms with E-state index < -0.39 is 0 Å². The number of nitrogens with two attached hydrogens (primary N) is 1. The minimum Gasteiger partial charge on any atom is -0.497 e. The molecule has 0 saturated heterocycles. The Balaban J connectivity index is 3.04. The summed E-state index contributed by atoms with van der Waals surface area (Å²) in [5.41, 5.74) is 2.34. The van der Waals surface area contributed by atoms with Crippen molar-refractivity contribution in [3.05, 3.63) is 29.3 Å². The van der Waals surface area contributed by atoms with Crippen molar-refractivity contribution in [3.8, 4) is 5.75 Å². The Bertz CT molecular complexity index is 334. The Morgan fingerprint density at radius 3 is 2.47 bits per heavy atom. The van der Waals surface area contributed by atoms with Crippen LogP contribution in [0.1, 0.15) is 25.0 Å². The lowest BCUT2D eigenvalue weighted by Gasteiger charge is -2.25. The summed E-state index contributed by atoms with van der Waals surface area (Å²) in [6.45, 7) is 6.78. The van der Waals surface area contributed by atoms with Crippen LogP contribution in [0.25, 0.3) is 0 Å². The second kappa shape index (κ2) is 4.64. The number of ether oxygens (including phenoxy) is 1. The minimum atomic E-state index is -0.0783. The lowest BCUT2D eigenvalue weighted by atomic mass is 9.83. The van der Waals surface area contributed by atoms with Crippen molar-refractivity contribution in [1.29, 1.82) is 0 Å². The Hall–Kier alpha value is -1.06. The Morgan fingerprint density at radius 1 is 1.33 bits per heavy atom. The summed E-state index contributed by atoms with van der Waals surface area (Å²) < 4.78 is 5.17. The Morgan fingerprint density at radius 2 is 2.00 bits per heavy atom. The fraction of sp³-hybridized carbons (Fsp3) is 0.500. The standard InChI is InChI=1S/C12H19NO2/c1-9-7-10(14-4)5-6-11(9)12(2,3)8-15-13/h5-7H,8,13H2,1-4H3. The van der Waals surface area contributed by atoms with Gasteiger partial charge >= 0.3 is 0 Å². The third kappa shape index (κ3) is 2.70. The topological polar surface area (TPSA) is 44.5 Å². The van der Waals surface area contributed by atoms with Crippen molar-refractivity contribution >= 4 is 0 Å². The highest BCUT2D eigenvalue weighted by Crippen LogP contribution is 2.28. The summed E-state index contributed by atoms with van der Waals surface area (Å²) in [6.07, 6.45) is 0. The number of aryl methyl sites for hydroxylation is 1. The first-order chi connectivity index (χ1) is 7.01. The molecule has 0 saturated carbocycles. The fourth-order valence-corrected chi connectivity index (χ4v) is 1.81. The zero-order chi connectivity index (χ0) is 11.5. The van der Waals surface area contributed by atoms with E-state index in [9.17, 15) is 0 Å². The van der Waals surface area contributed by atoms with Gasteiger partial charge in [-0.25, -0.2) is 5.90 Å². The van der Waals surface area contributed by atoms with Crippen molar-refractivity contribution < 1.29 is 9.57 Å². The van der Waals surface area contributed by atoms with E-state index in [1.807, 2.05) is 12.1 Å².